The number of para-hydroxylation sites is 1. The van der Waals surface area contributed by atoms with E-state index in [0.717, 1.165) is 16.9 Å². The molecule has 0 saturated carbocycles. The van der Waals surface area contributed by atoms with Crippen molar-refractivity contribution in [2.24, 2.45) is 0 Å². The number of benzene rings is 2. The fourth-order valence-corrected chi connectivity index (χ4v) is 4.27. The first-order valence-electron chi connectivity index (χ1n) is 10.8. The molecule has 4 rings (SSSR count). The summed E-state index contributed by atoms with van der Waals surface area (Å²) in [5.41, 5.74) is 3.47. The molecule has 1 atom stereocenters. The van der Waals surface area contributed by atoms with Crippen LogP contribution in [0.4, 0.5) is 5.69 Å². The van der Waals surface area contributed by atoms with Gasteiger partial charge in [-0.1, -0.05) is 32.0 Å². The Morgan fingerprint density at radius 1 is 1.06 bits per heavy atom. The van der Waals surface area contributed by atoms with E-state index in [1.54, 1.807) is 55.9 Å². The second-order valence-corrected chi connectivity index (χ2v) is 8.35. The molecule has 0 aliphatic carbocycles. The minimum Gasteiger partial charge on any atom is -0.507 e. The minimum atomic E-state index is -0.778. The van der Waals surface area contributed by atoms with Crippen molar-refractivity contribution in [3.63, 3.8) is 0 Å². The minimum absolute atomic E-state index is 0.0537. The third kappa shape index (κ3) is 3.89. The lowest BCUT2D eigenvalue weighted by Crippen LogP contribution is -2.29. The Balaban J connectivity index is 1.97. The van der Waals surface area contributed by atoms with E-state index in [9.17, 15) is 14.7 Å². The van der Waals surface area contributed by atoms with Gasteiger partial charge in [0.05, 0.1) is 18.7 Å². The first-order valence-corrected chi connectivity index (χ1v) is 10.8. The van der Waals surface area contributed by atoms with Crippen LogP contribution in [0.3, 0.4) is 0 Å². The van der Waals surface area contributed by atoms with Gasteiger partial charge in [-0.2, -0.15) is 0 Å². The maximum absolute atomic E-state index is 13.3. The molecule has 1 N–H and O–H groups in total. The highest BCUT2D eigenvalue weighted by Crippen LogP contribution is 2.43. The van der Waals surface area contributed by atoms with E-state index < -0.39 is 17.7 Å². The van der Waals surface area contributed by atoms with Crippen LogP contribution in [-0.4, -0.2) is 28.9 Å². The Morgan fingerprint density at radius 3 is 2.33 bits per heavy atom. The van der Waals surface area contributed by atoms with Gasteiger partial charge < -0.3 is 9.84 Å². The average molecular weight is 443 g/mol. The number of hydrogen-bond donors (Lipinski definition) is 1. The fraction of sp³-hybridized carbons (Fsp3) is 0.222. The van der Waals surface area contributed by atoms with E-state index in [4.69, 9.17) is 4.74 Å². The third-order valence-electron chi connectivity index (χ3n) is 5.95. The number of aromatic nitrogens is 1. The van der Waals surface area contributed by atoms with Crippen molar-refractivity contribution in [3.8, 4) is 5.75 Å². The summed E-state index contributed by atoms with van der Waals surface area (Å²) in [6.45, 7) is 5.90. The molecule has 6 nitrogen and oxygen atoms in total. The zero-order valence-corrected chi connectivity index (χ0v) is 19.1. The number of pyridine rings is 1. The molecule has 0 radical (unpaired) electrons. The molecule has 2 heterocycles. The normalized spacial score (nSPS) is 17.6. The maximum Gasteiger partial charge on any atom is 0.300 e. The average Bonchev–Trinajstić information content (AvgIpc) is 3.09. The number of ether oxygens (including phenoxy) is 1. The number of nitrogens with zero attached hydrogens (tertiary/aromatic N) is 2. The SMILES string of the molecule is COc1cc(C)c(/C(O)=C2\C(=O)C(=O)N(c3ccccc3)C2c2ccncc2)cc1C(C)C. The molecule has 1 amide bonds. The Hall–Kier alpha value is -3.93. The zero-order chi connectivity index (χ0) is 23.7. The second kappa shape index (κ2) is 8.90. The highest BCUT2D eigenvalue weighted by molar-refractivity contribution is 6.51. The highest BCUT2D eigenvalue weighted by atomic mass is 16.5. The van der Waals surface area contributed by atoms with E-state index >= 15 is 0 Å². The van der Waals surface area contributed by atoms with Crippen LogP contribution in [0.5, 0.6) is 5.75 Å². The number of carbonyl (C=O) groups is 2. The summed E-state index contributed by atoms with van der Waals surface area (Å²) in [7, 11) is 1.61. The predicted molar refractivity (Wildman–Crippen MR) is 127 cm³/mol. The van der Waals surface area contributed by atoms with Gasteiger partial charge in [0.2, 0.25) is 0 Å². The van der Waals surface area contributed by atoms with Crippen molar-refractivity contribution in [2.45, 2.75) is 32.7 Å². The van der Waals surface area contributed by atoms with Crippen molar-refractivity contribution in [1.29, 1.82) is 0 Å². The molecule has 168 valence electrons. The number of carbonyl (C=O) groups excluding carboxylic acids is 2. The zero-order valence-electron chi connectivity index (χ0n) is 19.1. The summed E-state index contributed by atoms with van der Waals surface area (Å²) in [4.78, 5) is 32.0. The second-order valence-electron chi connectivity index (χ2n) is 8.35. The Labute approximate surface area is 193 Å². The van der Waals surface area contributed by atoms with Gasteiger partial charge in [0.25, 0.3) is 11.7 Å². The number of anilines is 1. The smallest absolute Gasteiger partial charge is 0.300 e. The molecular formula is C27H26N2O4. The van der Waals surface area contributed by atoms with E-state index in [1.807, 2.05) is 39.0 Å². The van der Waals surface area contributed by atoms with Crippen LogP contribution in [0.25, 0.3) is 5.76 Å². The fourth-order valence-electron chi connectivity index (χ4n) is 4.27. The number of methoxy groups -OCH3 is 1. The van der Waals surface area contributed by atoms with Crippen LogP contribution in [0.2, 0.25) is 0 Å². The molecule has 0 spiro atoms. The van der Waals surface area contributed by atoms with Crippen LogP contribution < -0.4 is 9.64 Å². The van der Waals surface area contributed by atoms with E-state index in [1.165, 1.54) is 4.90 Å². The molecule has 6 heteroatoms. The summed E-state index contributed by atoms with van der Waals surface area (Å²) in [6.07, 6.45) is 3.21. The summed E-state index contributed by atoms with van der Waals surface area (Å²) in [5.74, 6) is -0.751. The number of ketones is 1. The quantitative estimate of drug-likeness (QED) is 0.336. The molecule has 1 aliphatic heterocycles. The summed E-state index contributed by atoms with van der Waals surface area (Å²) < 4.78 is 5.52. The molecule has 1 saturated heterocycles. The van der Waals surface area contributed by atoms with E-state index in [-0.39, 0.29) is 17.3 Å². The van der Waals surface area contributed by atoms with Crippen molar-refractivity contribution in [1.82, 2.24) is 4.98 Å². The Morgan fingerprint density at radius 2 is 1.73 bits per heavy atom. The van der Waals surface area contributed by atoms with Gasteiger partial charge >= 0.3 is 0 Å². The monoisotopic (exact) mass is 442 g/mol. The molecular weight excluding hydrogens is 416 g/mol. The van der Waals surface area contributed by atoms with Crippen molar-refractivity contribution >= 4 is 23.1 Å². The van der Waals surface area contributed by atoms with Crippen LogP contribution in [-0.2, 0) is 9.59 Å². The topological polar surface area (TPSA) is 79.7 Å². The number of hydrogen-bond acceptors (Lipinski definition) is 5. The summed E-state index contributed by atoms with van der Waals surface area (Å²) in [5, 5.41) is 11.5. The molecule has 1 unspecified atom stereocenters. The highest BCUT2D eigenvalue weighted by Gasteiger charge is 2.47. The molecule has 1 aliphatic rings. The molecule has 2 aromatic carbocycles. The van der Waals surface area contributed by atoms with Crippen LogP contribution in [0.1, 0.15) is 48.1 Å². The van der Waals surface area contributed by atoms with Crippen LogP contribution >= 0.6 is 0 Å². The molecule has 1 fully saturated rings. The molecule has 0 bridgehead atoms. The summed E-state index contributed by atoms with van der Waals surface area (Å²) in [6, 6.07) is 15.4. The number of aliphatic hydroxyl groups is 1. The van der Waals surface area contributed by atoms with Gasteiger partial charge in [-0.25, -0.2) is 0 Å². The first kappa shape index (κ1) is 22.3. The number of amides is 1. The van der Waals surface area contributed by atoms with Gasteiger partial charge in [-0.3, -0.25) is 19.5 Å². The number of aryl methyl sites for hydroxylation is 1. The molecule has 3 aromatic rings. The van der Waals surface area contributed by atoms with E-state index in [2.05, 4.69) is 4.98 Å². The number of rotatable bonds is 5. The first-order chi connectivity index (χ1) is 15.8. The van der Waals surface area contributed by atoms with Crippen molar-refractivity contribution < 1.29 is 19.4 Å². The van der Waals surface area contributed by atoms with Crippen LogP contribution in [0, 0.1) is 6.92 Å². The van der Waals surface area contributed by atoms with Gasteiger partial charge in [0.1, 0.15) is 11.5 Å². The summed E-state index contributed by atoms with van der Waals surface area (Å²) >= 11 is 0. The molecule has 33 heavy (non-hydrogen) atoms. The number of Topliss-reactive ketones (excluding diaryl/α,β-unsaturated/α-hetero) is 1. The van der Waals surface area contributed by atoms with Gasteiger partial charge in [0.15, 0.2) is 0 Å². The third-order valence-corrected chi connectivity index (χ3v) is 5.95. The number of aliphatic hydroxyl groups excluding tert-OH is 1. The molecule has 1 aromatic heterocycles. The van der Waals surface area contributed by atoms with Crippen molar-refractivity contribution in [3.05, 3.63) is 94.8 Å². The van der Waals surface area contributed by atoms with Gasteiger partial charge in [-0.05, 0) is 65.9 Å². The largest absolute Gasteiger partial charge is 0.507 e. The van der Waals surface area contributed by atoms with Gasteiger partial charge in [-0.15, -0.1) is 0 Å². The lowest BCUT2D eigenvalue weighted by molar-refractivity contribution is -0.132. The van der Waals surface area contributed by atoms with Crippen molar-refractivity contribution in [2.75, 3.05) is 12.0 Å². The van der Waals surface area contributed by atoms with Crippen LogP contribution in [0.15, 0.2) is 72.6 Å². The van der Waals surface area contributed by atoms with Gasteiger partial charge in [0, 0.05) is 23.6 Å². The predicted octanol–water partition coefficient (Wildman–Crippen LogP) is 5.15. The lowest BCUT2D eigenvalue weighted by Gasteiger charge is -2.25. The van der Waals surface area contributed by atoms with E-state index in [0.29, 0.717) is 16.8 Å². The lowest BCUT2D eigenvalue weighted by atomic mass is 9.91. The maximum atomic E-state index is 13.3. The standard InChI is InChI=1S/C27H26N2O4/c1-16(2)20-15-21(17(3)14-22(20)33-4)25(30)23-24(18-10-12-28-13-11-18)29(27(32)26(23)31)19-8-6-5-7-9-19/h5-16,24,30H,1-4H3/b25-23+. The Bertz CT molecular complexity index is 1230. The Kier molecular flexibility index (Phi) is 6.01.